The molecule has 1 aromatic carbocycles. The van der Waals surface area contributed by atoms with Gasteiger partial charge in [-0.3, -0.25) is 0 Å². The topological polar surface area (TPSA) is 0 Å². The van der Waals surface area contributed by atoms with Crippen LogP contribution in [0.15, 0.2) is 22.7 Å². The minimum Gasteiger partial charge on any atom is -0.205 e. The third kappa shape index (κ3) is 1.18. The lowest BCUT2D eigenvalue weighted by Crippen LogP contribution is -2.03. The van der Waals surface area contributed by atoms with Crippen molar-refractivity contribution >= 4 is 15.9 Å². The summed E-state index contributed by atoms with van der Waals surface area (Å²) in [5, 5.41) is 0. The number of hydrogen-bond acceptors (Lipinski definition) is 0. The van der Waals surface area contributed by atoms with Crippen LogP contribution in [-0.4, -0.2) is 0 Å². The van der Waals surface area contributed by atoms with Crippen molar-refractivity contribution in [2.75, 3.05) is 0 Å². The van der Waals surface area contributed by atoms with Gasteiger partial charge < -0.3 is 0 Å². The van der Waals surface area contributed by atoms with Gasteiger partial charge in [-0.1, -0.05) is 19.1 Å². The lowest BCUT2D eigenvalue weighted by atomic mass is 9.98. The Labute approximate surface area is 79.9 Å². The van der Waals surface area contributed by atoms with Crippen molar-refractivity contribution in [3.05, 3.63) is 34.1 Å². The first-order chi connectivity index (χ1) is 5.63. The zero-order chi connectivity index (χ0) is 8.77. The first-order valence-electron chi connectivity index (χ1n) is 4.08. The van der Waals surface area contributed by atoms with Crippen LogP contribution in [0, 0.1) is 5.82 Å². The molecular formula is C10H10BrF. The van der Waals surface area contributed by atoms with Crippen LogP contribution in [-0.2, 0) is 5.41 Å². The maximum atomic E-state index is 13.5. The molecule has 0 N–H and O–H groups in total. The maximum Gasteiger partial charge on any atom is 0.141 e. The standard InChI is InChI=1S/C10H10BrF/c1-10(5-6-10)7-3-2-4-8(11)9(7)12/h2-4H,5-6H2,1H3. The van der Waals surface area contributed by atoms with Gasteiger partial charge >= 0.3 is 0 Å². The molecule has 1 aliphatic carbocycles. The van der Waals surface area contributed by atoms with Crippen LogP contribution in [0.5, 0.6) is 0 Å². The van der Waals surface area contributed by atoms with E-state index in [1.54, 1.807) is 6.07 Å². The van der Waals surface area contributed by atoms with Gasteiger partial charge in [0, 0.05) is 0 Å². The molecular weight excluding hydrogens is 219 g/mol. The second kappa shape index (κ2) is 2.56. The molecule has 0 aliphatic heterocycles. The maximum absolute atomic E-state index is 13.5. The zero-order valence-electron chi connectivity index (χ0n) is 6.90. The largest absolute Gasteiger partial charge is 0.205 e. The van der Waals surface area contributed by atoms with Gasteiger partial charge in [-0.2, -0.15) is 0 Å². The first kappa shape index (κ1) is 8.24. The van der Waals surface area contributed by atoms with Crippen molar-refractivity contribution in [1.29, 1.82) is 0 Å². The Balaban J connectivity index is 2.51. The summed E-state index contributed by atoms with van der Waals surface area (Å²) in [4.78, 5) is 0. The summed E-state index contributed by atoms with van der Waals surface area (Å²) in [6.07, 6.45) is 2.22. The number of rotatable bonds is 1. The fourth-order valence-electron chi connectivity index (χ4n) is 1.43. The average Bonchev–Trinajstić information content (AvgIpc) is 2.75. The van der Waals surface area contributed by atoms with E-state index in [9.17, 15) is 4.39 Å². The molecule has 0 unspecified atom stereocenters. The van der Waals surface area contributed by atoms with E-state index in [0.29, 0.717) is 4.47 Å². The summed E-state index contributed by atoms with van der Waals surface area (Å²) in [6, 6.07) is 5.52. The molecule has 1 aliphatic rings. The molecule has 64 valence electrons. The Hall–Kier alpha value is -0.370. The Kier molecular flexibility index (Phi) is 1.76. The van der Waals surface area contributed by atoms with Crippen molar-refractivity contribution in [3.8, 4) is 0 Å². The Morgan fingerprint density at radius 2 is 2.08 bits per heavy atom. The van der Waals surface area contributed by atoms with Gasteiger partial charge in [-0.05, 0) is 45.8 Å². The van der Waals surface area contributed by atoms with E-state index in [1.807, 2.05) is 12.1 Å². The highest BCUT2D eigenvalue weighted by molar-refractivity contribution is 9.10. The molecule has 1 saturated carbocycles. The molecule has 0 saturated heterocycles. The molecule has 1 fully saturated rings. The van der Waals surface area contributed by atoms with Crippen molar-refractivity contribution in [3.63, 3.8) is 0 Å². The van der Waals surface area contributed by atoms with Gasteiger partial charge in [0.25, 0.3) is 0 Å². The van der Waals surface area contributed by atoms with Crippen LogP contribution < -0.4 is 0 Å². The van der Waals surface area contributed by atoms with E-state index in [0.717, 1.165) is 18.4 Å². The molecule has 0 radical (unpaired) electrons. The van der Waals surface area contributed by atoms with E-state index >= 15 is 0 Å². The van der Waals surface area contributed by atoms with E-state index < -0.39 is 0 Å². The normalized spacial score (nSPS) is 19.2. The summed E-state index contributed by atoms with van der Waals surface area (Å²) in [6.45, 7) is 2.11. The molecule has 0 heterocycles. The third-order valence-corrected chi connectivity index (χ3v) is 3.21. The van der Waals surface area contributed by atoms with Crippen molar-refractivity contribution in [1.82, 2.24) is 0 Å². The predicted molar refractivity (Wildman–Crippen MR) is 50.7 cm³/mol. The fourth-order valence-corrected chi connectivity index (χ4v) is 1.79. The summed E-state index contributed by atoms with van der Waals surface area (Å²) in [7, 11) is 0. The van der Waals surface area contributed by atoms with Gasteiger partial charge in [-0.15, -0.1) is 0 Å². The Bertz CT molecular complexity index is 316. The molecule has 2 heteroatoms. The Morgan fingerprint density at radius 3 is 2.67 bits per heavy atom. The van der Waals surface area contributed by atoms with E-state index in [-0.39, 0.29) is 11.2 Å². The van der Waals surface area contributed by atoms with E-state index in [2.05, 4.69) is 22.9 Å². The van der Waals surface area contributed by atoms with Gasteiger partial charge in [0.05, 0.1) is 4.47 Å². The number of benzene rings is 1. The quantitative estimate of drug-likeness (QED) is 0.689. The number of hydrogen-bond donors (Lipinski definition) is 0. The number of halogens is 2. The minimum absolute atomic E-state index is 0.0856. The van der Waals surface area contributed by atoms with Crippen LogP contribution >= 0.6 is 15.9 Å². The molecule has 0 atom stereocenters. The van der Waals surface area contributed by atoms with Crippen molar-refractivity contribution < 1.29 is 4.39 Å². The van der Waals surface area contributed by atoms with Crippen LogP contribution in [0.25, 0.3) is 0 Å². The zero-order valence-corrected chi connectivity index (χ0v) is 8.49. The van der Waals surface area contributed by atoms with Crippen LogP contribution in [0.3, 0.4) is 0 Å². The highest BCUT2D eigenvalue weighted by atomic mass is 79.9. The monoisotopic (exact) mass is 228 g/mol. The Morgan fingerprint density at radius 1 is 1.42 bits per heavy atom. The fraction of sp³-hybridized carbons (Fsp3) is 0.400. The predicted octanol–water partition coefficient (Wildman–Crippen LogP) is 3.64. The summed E-state index contributed by atoms with van der Waals surface area (Å²) in [5.41, 5.74) is 0.977. The van der Waals surface area contributed by atoms with Crippen LogP contribution in [0.4, 0.5) is 4.39 Å². The first-order valence-corrected chi connectivity index (χ1v) is 4.87. The molecule has 0 spiro atoms. The van der Waals surface area contributed by atoms with E-state index in [1.165, 1.54) is 0 Å². The van der Waals surface area contributed by atoms with Crippen molar-refractivity contribution in [2.45, 2.75) is 25.2 Å². The van der Waals surface area contributed by atoms with Gasteiger partial charge in [0.2, 0.25) is 0 Å². The van der Waals surface area contributed by atoms with Gasteiger partial charge in [-0.25, -0.2) is 4.39 Å². The molecule has 0 nitrogen and oxygen atoms in total. The highest BCUT2D eigenvalue weighted by Crippen LogP contribution is 2.49. The van der Waals surface area contributed by atoms with Crippen LogP contribution in [0.2, 0.25) is 0 Å². The summed E-state index contributed by atoms with van der Waals surface area (Å²) >= 11 is 3.19. The van der Waals surface area contributed by atoms with E-state index in [4.69, 9.17) is 0 Å². The lowest BCUT2D eigenvalue weighted by Gasteiger charge is -2.10. The molecule has 12 heavy (non-hydrogen) atoms. The molecule has 0 aromatic heterocycles. The minimum atomic E-state index is -0.0856. The van der Waals surface area contributed by atoms with Gasteiger partial charge in [0.1, 0.15) is 5.82 Å². The second-order valence-corrected chi connectivity index (χ2v) is 4.52. The smallest absolute Gasteiger partial charge is 0.141 e. The average molecular weight is 229 g/mol. The van der Waals surface area contributed by atoms with Gasteiger partial charge in [0.15, 0.2) is 0 Å². The summed E-state index contributed by atoms with van der Waals surface area (Å²) < 4.78 is 14.1. The molecule has 0 bridgehead atoms. The summed E-state index contributed by atoms with van der Waals surface area (Å²) in [5.74, 6) is -0.0856. The molecule has 1 aromatic rings. The lowest BCUT2D eigenvalue weighted by molar-refractivity contribution is 0.580. The molecule has 0 amide bonds. The molecule has 2 rings (SSSR count). The van der Waals surface area contributed by atoms with Crippen molar-refractivity contribution in [2.24, 2.45) is 0 Å². The highest BCUT2D eigenvalue weighted by Gasteiger charge is 2.41. The third-order valence-electron chi connectivity index (χ3n) is 2.60. The second-order valence-electron chi connectivity index (χ2n) is 3.66. The van der Waals surface area contributed by atoms with Crippen LogP contribution in [0.1, 0.15) is 25.3 Å². The SMILES string of the molecule is CC1(c2cccc(Br)c2F)CC1.